The molecular formula is C14H15BrClNO. The van der Waals surface area contributed by atoms with Crippen LogP contribution in [0.25, 0.3) is 0 Å². The van der Waals surface area contributed by atoms with Gasteiger partial charge in [0.1, 0.15) is 5.76 Å². The first kappa shape index (κ1) is 13.7. The highest BCUT2D eigenvalue weighted by atomic mass is 79.9. The molecule has 2 rings (SSSR count). The molecule has 96 valence electrons. The van der Waals surface area contributed by atoms with Crippen LogP contribution < -0.4 is 5.32 Å². The third kappa shape index (κ3) is 2.79. The second-order valence-electron chi connectivity index (χ2n) is 4.11. The number of furan rings is 1. The number of rotatable bonds is 4. The predicted octanol–water partition coefficient (Wildman–Crippen LogP) is 4.70. The third-order valence-corrected chi connectivity index (χ3v) is 3.76. The van der Waals surface area contributed by atoms with Gasteiger partial charge in [-0.1, -0.05) is 36.7 Å². The second kappa shape index (κ2) is 5.91. The highest BCUT2D eigenvalue weighted by Crippen LogP contribution is 2.32. The van der Waals surface area contributed by atoms with E-state index < -0.39 is 0 Å². The fourth-order valence-electron chi connectivity index (χ4n) is 1.94. The normalized spacial score (nSPS) is 12.7. The molecule has 1 aromatic carbocycles. The summed E-state index contributed by atoms with van der Waals surface area (Å²) in [5.74, 6) is 0.858. The van der Waals surface area contributed by atoms with Gasteiger partial charge in [0.2, 0.25) is 0 Å². The van der Waals surface area contributed by atoms with Gasteiger partial charge >= 0.3 is 0 Å². The molecule has 2 aromatic rings. The van der Waals surface area contributed by atoms with Gasteiger partial charge in [0.05, 0.1) is 6.04 Å². The smallest absolute Gasteiger partial charge is 0.169 e. The van der Waals surface area contributed by atoms with Gasteiger partial charge in [0.25, 0.3) is 0 Å². The van der Waals surface area contributed by atoms with Crippen LogP contribution in [0, 0.1) is 6.92 Å². The van der Waals surface area contributed by atoms with Crippen LogP contribution in [-0.2, 0) is 0 Å². The lowest BCUT2D eigenvalue weighted by Gasteiger charge is -2.18. The van der Waals surface area contributed by atoms with Crippen LogP contribution in [0.15, 0.2) is 39.4 Å². The summed E-state index contributed by atoms with van der Waals surface area (Å²) < 4.78 is 6.37. The summed E-state index contributed by atoms with van der Waals surface area (Å²) in [6.07, 6.45) is 0. The Morgan fingerprint density at radius 3 is 2.72 bits per heavy atom. The number of aryl methyl sites for hydroxylation is 1. The van der Waals surface area contributed by atoms with E-state index in [0.717, 1.165) is 33.1 Å². The zero-order valence-electron chi connectivity index (χ0n) is 10.3. The molecule has 4 heteroatoms. The molecule has 0 amide bonds. The maximum Gasteiger partial charge on any atom is 0.169 e. The first-order chi connectivity index (χ1) is 8.63. The summed E-state index contributed by atoms with van der Waals surface area (Å²) in [7, 11) is 0. The van der Waals surface area contributed by atoms with Crippen LogP contribution in [0.5, 0.6) is 0 Å². The van der Waals surface area contributed by atoms with Crippen molar-refractivity contribution >= 4 is 27.5 Å². The summed E-state index contributed by atoms with van der Waals surface area (Å²) in [6, 6.07) is 9.87. The zero-order valence-corrected chi connectivity index (χ0v) is 12.7. The first-order valence-electron chi connectivity index (χ1n) is 5.87. The van der Waals surface area contributed by atoms with Crippen LogP contribution in [0.2, 0.25) is 5.02 Å². The standard InChI is InChI=1S/C14H15BrClNO/c1-3-17-14(11-7-8-12(15)18-11)10-6-4-5-9(2)13(10)16/h4-8,14,17H,3H2,1-2H3. The SMILES string of the molecule is CCNC(c1ccc(Br)o1)c1cccc(C)c1Cl. The van der Waals surface area contributed by atoms with Gasteiger partial charge in [-0.15, -0.1) is 0 Å². The van der Waals surface area contributed by atoms with E-state index in [2.05, 4.69) is 28.2 Å². The summed E-state index contributed by atoms with van der Waals surface area (Å²) in [5, 5.41) is 4.19. The van der Waals surface area contributed by atoms with E-state index in [1.807, 2.05) is 37.3 Å². The number of hydrogen-bond acceptors (Lipinski definition) is 2. The van der Waals surface area contributed by atoms with Crippen LogP contribution in [0.1, 0.15) is 29.9 Å². The quantitative estimate of drug-likeness (QED) is 0.880. The van der Waals surface area contributed by atoms with Gasteiger partial charge in [0, 0.05) is 5.02 Å². The Balaban J connectivity index is 2.44. The Bertz CT molecular complexity index is 538. The monoisotopic (exact) mass is 327 g/mol. The molecule has 1 aromatic heterocycles. The van der Waals surface area contributed by atoms with E-state index in [1.165, 1.54) is 0 Å². The van der Waals surface area contributed by atoms with Crippen LogP contribution in [-0.4, -0.2) is 6.54 Å². The maximum atomic E-state index is 6.39. The molecule has 1 N–H and O–H groups in total. The highest BCUT2D eigenvalue weighted by Gasteiger charge is 2.19. The molecule has 0 bridgehead atoms. The minimum Gasteiger partial charge on any atom is -0.452 e. The molecular weight excluding hydrogens is 314 g/mol. The summed E-state index contributed by atoms with van der Waals surface area (Å²) in [6.45, 7) is 4.91. The Morgan fingerprint density at radius 2 is 2.11 bits per heavy atom. The van der Waals surface area contributed by atoms with Crippen molar-refractivity contribution in [1.29, 1.82) is 0 Å². The van der Waals surface area contributed by atoms with E-state index in [4.69, 9.17) is 16.0 Å². The van der Waals surface area contributed by atoms with Crippen molar-refractivity contribution in [3.63, 3.8) is 0 Å². The van der Waals surface area contributed by atoms with Crippen molar-refractivity contribution in [3.05, 3.63) is 56.9 Å². The molecule has 1 unspecified atom stereocenters. The van der Waals surface area contributed by atoms with E-state index in [0.29, 0.717) is 0 Å². The van der Waals surface area contributed by atoms with Gasteiger partial charge in [-0.25, -0.2) is 0 Å². The van der Waals surface area contributed by atoms with Crippen molar-refractivity contribution in [3.8, 4) is 0 Å². The van der Waals surface area contributed by atoms with Crippen molar-refractivity contribution < 1.29 is 4.42 Å². The Labute approximate surface area is 120 Å². The molecule has 18 heavy (non-hydrogen) atoms. The van der Waals surface area contributed by atoms with Gasteiger partial charge in [-0.2, -0.15) is 0 Å². The minimum atomic E-state index is -0.0197. The second-order valence-corrected chi connectivity index (χ2v) is 5.27. The van der Waals surface area contributed by atoms with E-state index in [9.17, 15) is 0 Å². The number of halogens is 2. The van der Waals surface area contributed by atoms with Crippen molar-refractivity contribution in [1.82, 2.24) is 5.32 Å². The molecule has 0 aliphatic carbocycles. The van der Waals surface area contributed by atoms with Crippen LogP contribution >= 0.6 is 27.5 Å². The molecule has 2 nitrogen and oxygen atoms in total. The summed E-state index contributed by atoms with van der Waals surface area (Å²) in [4.78, 5) is 0. The molecule has 0 radical (unpaired) electrons. The predicted molar refractivity (Wildman–Crippen MR) is 78.1 cm³/mol. The van der Waals surface area contributed by atoms with E-state index in [-0.39, 0.29) is 6.04 Å². The van der Waals surface area contributed by atoms with E-state index in [1.54, 1.807) is 0 Å². The number of benzene rings is 1. The maximum absolute atomic E-state index is 6.39. The molecule has 1 heterocycles. The molecule has 0 fully saturated rings. The molecule has 1 atom stereocenters. The lowest BCUT2D eigenvalue weighted by atomic mass is 10.0. The number of hydrogen-bond donors (Lipinski definition) is 1. The van der Waals surface area contributed by atoms with Gasteiger partial charge in [-0.05, 0) is 52.7 Å². The van der Waals surface area contributed by atoms with Gasteiger partial charge in [0.15, 0.2) is 4.67 Å². The first-order valence-corrected chi connectivity index (χ1v) is 7.04. The minimum absolute atomic E-state index is 0.0197. The Kier molecular flexibility index (Phi) is 4.49. The molecule has 0 aliphatic rings. The number of nitrogens with one attached hydrogen (secondary N) is 1. The average Bonchev–Trinajstić information content (AvgIpc) is 2.77. The Hall–Kier alpha value is -0.770. The van der Waals surface area contributed by atoms with Crippen molar-refractivity contribution in [2.24, 2.45) is 0 Å². The Morgan fingerprint density at radius 1 is 1.33 bits per heavy atom. The van der Waals surface area contributed by atoms with Crippen LogP contribution in [0.3, 0.4) is 0 Å². The average molecular weight is 329 g/mol. The third-order valence-electron chi connectivity index (χ3n) is 2.82. The summed E-state index contributed by atoms with van der Waals surface area (Å²) >= 11 is 9.72. The van der Waals surface area contributed by atoms with Crippen molar-refractivity contribution in [2.45, 2.75) is 19.9 Å². The van der Waals surface area contributed by atoms with E-state index >= 15 is 0 Å². The topological polar surface area (TPSA) is 25.2 Å². The lowest BCUT2D eigenvalue weighted by Crippen LogP contribution is -2.22. The van der Waals surface area contributed by atoms with Gasteiger partial charge < -0.3 is 9.73 Å². The largest absolute Gasteiger partial charge is 0.452 e. The summed E-state index contributed by atoms with van der Waals surface area (Å²) in [5.41, 5.74) is 2.11. The van der Waals surface area contributed by atoms with Crippen LogP contribution in [0.4, 0.5) is 0 Å². The fraction of sp³-hybridized carbons (Fsp3) is 0.286. The molecule has 0 aliphatic heterocycles. The van der Waals surface area contributed by atoms with Crippen molar-refractivity contribution in [2.75, 3.05) is 6.54 Å². The highest BCUT2D eigenvalue weighted by molar-refractivity contribution is 9.10. The fourth-order valence-corrected chi connectivity index (χ4v) is 2.50. The van der Waals surface area contributed by atoms with Gasteiger partial charge in [-0.3, -0.25) is 0 Å². The lowest BCUT2D eigenvalue weighted by molar-refractivity contribution is 0.437. The molecule has 0 saturated heterocycles. The molecule has 0 saturated carbocycles. The zero-order chi connectivity index (χ0) is 13.1. The molecule has 0 spiro atoms.